The van der Waals surface area contributed by atoms with Gasteiger partial charge in [-0.05, 0) is 73.5 Å². The molecule has 10 heteroatoms. The highest BCUT2D eigenvalue weighted by Crippen LogP contribution is 2.27. The van der Waals surface area contributed by atoms with Crippen LogP contribution >= 0.6 is 27.3 Å². The number of nitrogens with one attached hydrogen (secondary N) is 3. The fourth-order valence-corrected chi connectivity index (χ4v) is 5.20. The minimum atomic E-state index is -0.363. The molecule has 8 nitrogen and oxygen atoms in total. The van der Waals surface area contributed by atoms with E-state index in [-0.39, 0.29) is 18.4 Å². The minimum absolute atomic E-state index is 0.183. The van der Waals surface area contributed by atoms with Crippen molar-refractivity contribution in [2.75, 3.05) is 17.2 Å². The molecule has 1 aromatic heterocycles. The smallest absolute Gasteiger partial charge is 0.271 e. The number of carbonyl (C=O) groups excluding carboxylic acids is 2. The van der Waals surface area contributed by atoms with Gasteiger partial charge in [0.25, 0.3) is 11.8 Å². The van der Waals surface area contributed by atoms with Gasteiger partial charge in [0.05, 0.1) is 11.9 Å². The van der Waals surface area contributed by atoms with Gasteiger partial charge in [-0.2, -0.15) is 5.10 Å². The number of benzene rings is 4. The fraction of sp³-hybridized carbons (Fsp3) is 0.0909. The average molecular weight is 655 g/mol. The van der Waals surface area contributed by atoms with E-state index in [1.807, 2.05) is 79.9 Å². The first-order chi connectivity index (χ1) is 20.8. The van der Waals surface area contributed by atoms with E-state index in [4.69, 9.17) is 4.74 Å². The Morgan fingerprint density at radius 3 is 2.56 bits per heavy atom. The van der Waals surface area contributed by atoms with Crippen LogP contribution in [0.3, 0.4) is 0 Å². The Bertz CT molecular complexity index is 1770. The first-order valence-electron chi connectivity index (χ1n) is 13.3. The molecule has 5 rings (SSSR count). The van der Waals surface area contributed by atoms with E-state index in [0.29, 0.717) is 16.9 Å². The summed E-state index contributed by atoms with van der Waals surface area (Å²) in [5, 5.41) is 13.0. The van der Waals surface area contributed by atoms with Crippen LogP contribution in [0.15, 0.2) is 106 Å². The third-order valence-corrected chi connectivity index (χ3v) is 7.59. The molecule has 0 aliphatic carbocycles. The molecule has 0 spiro atoms. The van der Waals surface area contributed by atoms with Gasteiger partial charge < -0.3 is 15.4 Å². The van der Waals surface area contributed by atoms with Crippen LogP contribution in [0.4, 0.5) is 16.5 Å². The third-order valence-electron chi connectivity index (χ3n) is 6.34. The highest BCUT2D eigenvalue weighted by atomic mass is 79.9. The van der Waals surface area contributed by atoms with Gasteiger partial charge in [-0.15, -0.1) is 11.3 Å². The monoisotopic (exact) mass is 653 g/mol. The van der Waals surface area contributed by atoms with E-state index in [2.05, 4.69) is 42.1 Å². The molecule has 0 unspecified atom stereocenters. The third kappa shape index (κ3) is 8.15. The Balaban J connectivity index is 1.17. The minimum Gasteiger partial charge on any atom is -0.483 e. The topological polar surface area (TPSA) is 105 Å². The van der Waals surface area contributed by atoms with E-state index in [0.717, 1.165) is 43.4 Å². The number of hydrogen-bond donors (Lipinski definition) is 3. The van der Waals surface area contributed by atoms with Crippen LogP contribution in [0.2, 0.25) is 0 Å². The Hall–Kier alpha value is -4.80. The molecule has 0 saturated carbocycles. The zero-order valence-electron chi connectivity index (χ0n) is 23.4. The van der Waals surface area contributed by atoms with E-state index < -0.39 is 0 Å². The van der Waals surface area contributed by atoms with Gasteiger partial charge in [0.2, 0.25) is 0 Å². The van der Waals surface area contributed by atoms with Crippen molar-refractivity contribution in [1.82, 2.24) is 10.4 Å². The van der Waals surface area contributed by atoms with Gasteiger partial charge in [0.1, 0.15) is 5.75 Å². The maximum Gasteiger partial charge on any atom is 0.271 e. The fourth-order valence-electron chi connectivity index (χ4n) is 4.08. The van der Waals surface area contributed by atoms with Crippen molar-refractivity contribution < 1.29 is 14.3 Å². The molecule has 0 atom stereocenters. The average Bonchev–Trinajstić information content (AvgIpc) is 3.47. The number of amides is 2. The van der Waals surface area contributed by atoms with Crippen molar-refractivity contribution in [2.45, 2.75) is 13.8 Å². The number of para-hydroxylation sites is 1. The number of anilines is 3. The lowest BCUT2D eigenvalue weighted by Crippen LogP contribution is -2.21. The Morgan fingerprint density at radius 1 is 0.977 bits per heavy atom. The standard InChI is InChI=1S/C33H28BrN5O3S/c1-21-8-9-22(2)28(16-21)37-31(40)19-42-30-15-14-26(34)17-25(30)18-35-39-32(41)24-12-10-23(11-13-24)29-20-43-33(38-29)36-27-6-4-3-5-7-27/h3-18,20H,19H2,1-2H3,(H,36,38)(H,37,40)(H,39,41)/b35-18+. The number of halogens is 1. The second-order valence-corrected chi connectivity index (χ2v) is 11.4. The van der Waals surface area contributed by atoms with E-state index in [1.54, 1.807) is 30.3 Å². The maximum atomic E-state index is 12.7. The number of nitrogens with zero attached hydrogens (tertiary/aromatic N) is 2. The quantitative estimate of drug-likeness (QED) is 0.106. The van der Waals surface area contributed by atoms with Crippen LogP contribution in [0.25, 0.3) is 11.3 Å². The summed E-state index contributed by atoms with van der Waals surface area (Å²) >= 11 is 4.96. The number of hydrogen-bond acceptors (Lipinski definition) is 7. The van der Waals surface area contributed by atoms with Crippen molar-refractivity contribution in [3.63, 3.8) is 0 Å². The number of hydrazone groups is 1. The summed E-state index contributed by atoms with van der Waals surface area (Å²) in [4.78, 5) is 29.9. The molecule has 0 bridgehead atoms. The molecular weight excluding hydrogens is 626 g/mol. The predicted molar refractivity (Wildman–Crippen MR) is 177 cm³/mol. The van der Waals surface area contributed by atoms with Crippen LogP contribution in [0.5, 0.6) is 5.75 Å². The van der Waals surface area contributed by atoms with Gasteiger partial charge in [-0.1, -0.05) is 58.4 Å². The zero-order chi connectivity index (χ0) is 30.2. The van der Waals surface area contributed by atoms with E-state index >= 15 is 0 Å². The van der Waals surface area contributed by atoms with Gasteiger partial charge >= 0.3 is 0 Å². The van der Waals surface area contributed by atoms with Crippen molar-refractivity contribution >= 4 is 61.8 Å². The van der Waals surface area contributed by atoms with Crippen molar-refractivity contribution in [1.29, 1.82) is 0 Å². The van der Waals surface area contributed by atoms with Gasteiger partial charge in [-0.3, -0.25) is 9.59 Å². The van der Waals surface area contributed by atoms with E-state index in [1.165, 1.54) is 17.6 Å². The lowest BCUT2D eigenvalue weighted by atomic mass is 10.1. The second-order valence-electron chi connectivity index (χ2n) is 9.64. The Kier molecular flexibility index (Phi) is 9.60. The highest BCUT2D eigenvalue weighted by molar-refractivity contribution is 9.10. The van der Waals surface area contributed by atoms with Crippen molar-refractivity contribution in [3.8, 4) is 17.0 Å². The first kappa shape index (κ1) is 29.7. The number of ether oxygens (including phenoxy) is 1. The van der Waals surface area contributed by atoms with Crippen LogP contribution in [-0.4, -0.2) is 29.6 Å². The molecule has 43 heavy (non-hydrogen) atoms. The normalized spacial score (nSPS) is 10.9. The van der Waals surface area contributed by atoms with Crippen LogP contribution in [0, 0.1) is 13.8 Å². The molecule has 0 fully saturated rings. The predicted octanol–water partition coefficient (Wildman–Crippen LogP) is 7.71. The highest BCUT2D eigenvalue weighted by Gasteiger charge is 2.11. The summed E-state index contributed by atoms with van der Waals surface area (Å²) < 4.78 is 6.58. The van der Waals surface area contributed by atoms with E-state index in [9.17, 15) is 9.59 Å². The summed E-state index contributed by atoms with van der Waals surface area (Å²) in [6.45, 7) is 3.72. The number of rotatable bonds is 10. The summed E-state index contributed by atoms with van der Waals surface area (Å²) in [5.74, 6) is -0.193. The van der Waals surface area contributed by atoms with Crippen LogP contribution in [0.1, 0.15) is 27.0 Å². The molecule has 3 N–H and O–H groups in total. The molecule has 1 heterocycles. The number of thiazole rings is 1. The first-order valence-corrected chi connectivity index (χ1v) is 15.0. The molecule has 216 valence electrons. The van der Waals surface area contributed by atoms with Gasteiger partial charge in [-0.25, -0.2) is 10.4 Å². The summed E-state index contributed by atoms with van der Waals surface area (Å²) in [6.07, 6.45) is 1.48. The zero-order valence-corrected chi connectivity index (χ0v) is 25.8. The molecule has 0 radical (unpaired) electrons. The van der Waals surface area contributed by atoms with Crippen molar-refractivity contribution in [2.24, 2.45) is 5.10 Å². The number of aromatic nitrogens is 1. The molecule has 5 aromatic rings. The number of carbonyl (C=O) groups is 2. The van der Waals surface area contributed by atoms with Gasteiger partial charge in [0, 0.05) is 37.9 Å². The molecule has 4 aromatic carbocycles. The molecule has 0 saturated heterocycles. The largest absolute Gasteiger partial charge is 0.483 e. The SMILES string of the molecule is Cc1ccc(C)c(NC(=O)COc2ccc(Br)cc2/C=N/NC(=O)c2ccc(-c3csc(Nc4ccccc4)n3)cc2)c1. The van der Waals surface area contributed by atoms with Gasteiger partial charge in [0.15, 0.2) is 11.7 Å². The molecule has 2 amide bonds. The Morgan fingerprint density at radius 2 is 1.77 bits per heavy atom. The maximum absolute atomic E-state index is 12.7. The van der Waals surface area contributed by atoms with Crippen molar-refractivity contribution in [3.05, 3.63) is 123 Å². The summed E-state index contributed by atoms with van der Waals surface area (Å²) in [6, 6.07) is 28.2. The summed E-state index contributed by atoms with van der Waals surface area (Å²) in [5.41, 5.74) is 9.04. The van der Waals surface area contributed by atoms with Crippen LogP contribution < -0.4 is 20.8 Å². The van der Waals surface area contributed by atoms with Crippen LogP contribution in [-0.2, 0) is 4.79 Å². The molecule has 0 aliphatic heterocycles. The Labute approximate surface area is 262 Å². The molecular formula is C33H28BrN5O3S. The molecule has 0 aliphatic rings. The second kappa shape index (κ2) is 13.9. The lowest BCUT2D eigenvalue weighted by Gasteiger charge is -2.12. The lowest BCUT2D eigenvalue weighted by molar-refractivity contribution is -0.118. The summed E-state index contributed by atoms with van der Waals surface area (Å²) in [7, 11) is 0. The number of aryl methyl sites for hydroxylation is 2.